The van der Waals surface area contributed by atoms with E-state index in [0.29, 0.717) is 15.0 Å². The Kier molecular flexibility index (Phi) is 13.3. The molecule has 0 radical (unpaired) electrons. The van der Waals surface area contributed by atoms with Crippen molar-refractivity contribution < 1.29 is 4.74 Å². The van der Waals surface area contributed by atoms with Crippen molar-refractivity contribution in [2.24, 2.45) is 0 Å². The van der Waals surface area contributed by atoms with Crippen LogP contribution in [0.15, 0.2) is 32.8 Å². The van der Waals surface area contributed by atoms with E-state index in [4.69, 9.17) is 4.74 Å². The summed E-state index contributed by atoms with van der Waals surface area (Å²) in [4.78, 5) is 0. The van der Waals surface area contributed by atoms with Gasteiger partial charge in [0.1, 0.15) is 0 Å². The number of aryl methyl sites for hydroxylation is 1. The molecule has 3 heteroatoms. The summed E-state index contributed by atoms with van der Waals surface area (Å²) in [5, 5.41) is 0. The van der Waals surface area contributed by atoms with Crippen molar-refractivity contribution in [2.75, 3.05) is 13.7 Å². The standard InChI is InChI=1S/C11H13OSe.3C4H9.Sn/c1-10-4-6-11(7-5-10)13-9-3-8-12-2;3*1-3-4-2;/h3-7H,8H2,1-2H3;3*1,3-4H2,2H3;. The van der Waals surface area contributed by atoms with E-state index in [0.717, 1.165) is 6.61 Å². The Morgan fingerprint density at radius 1 is 0.923 bits per heavy atom. The van der Waals surface area contributed by atoms with Crippen molar-refractivity contribution in [1.29, 1.82) is 0 Å². The van der Waals surface area contributed by atoms with E-state index in [1.807, 2.05) is 9.60 Å². The van der Waals surface area contributed by atoms with Crippen LogP contribution in [0.2, 0.25) is 13.3 Å². The van der Waals surface area contributed by atoms with Crippen LogP contribution < -0.4 is 4.46 Å². The van der Waals surface area contributed by atoms with E-state index < -0.39 is 18.4 Å². The monoisotopic (exact) mass is 532 g/mol. The molecule has 0 heterocycles. The number of rotatable bonds is 14. The van der Waals surface area contributed by atoms with E-state index in [1.165, 1.54) is 44.1 Å². The molecule has 0 N–H and O–H groups in total. The van der Waals surface area contributed by atoms with Crippen LogP contribution in [0.3, 0.4) is 0 Å². The molecule has 0 unspecified atom stereocenters. The first-order valence-corrected chi connectivity index (χ1v) is 19.8. The van der Waals surface area contributed by atoms with Gasteiger partial charge < -0.3 is 0 Å². The van der Waals surface area contributed by atoms with Gasteiger partial charge in [-0.1, -0.05) is 0 Å². The number of unbranched alkanes of at least 4 members (excludes halogenated alkanes) is 3. The zero-order chi connectivity index (χ0) is 19.3. The molecule has 0 spiro atoms. The summed E-state index contributed by atoms with van der Waals surface area (Å²) in [6.07, 6.45) is 10.8. The molecular formula is C23H40OSeSn. The van der Waals surface area contributed by atoms with Crippen LogP contribution in [0.5, 0.6) is 0 Å². The van der Waals surface area contributed by atoms with Crippen LogP contribution in [-0.2, 0) is 4.74 Å². The average Bonchev–Trinajstić information content (AvgIpc) is 2.66. The van der Waals surface area contributed by atoms with Gasteiger partial charge in [-0.25, -0.2) is 0 Å². The summed E-state index contributed by atoms with van der Waals surface area (Å²) >= 11 is -1.85. The second-order valence-electron chi connectivity index (χ2n) is 7.53. The minimum absolute atomic E-state index is 0.484. The van der Waals surface area contributed by atoms with Gasteiger partial charge in [0.05, 0.1) is 0 Å². The molecule has 1 aromatic rings. The molecule has 0 saturated heterocycles. The Balaban J connectivity index is 3.19. The number of hydrogen-bond acceptors (Lipinski definition) is 1. The fourth-order valence-electron chi connectivity index (χ4n) is 3.55. The summed E-state index contributed by atoms with van der Waals surface area (Å²) < 4.78 is 13.6. The molecule has 0 fully saturated rings. The molecular weight excluding hydrogens is 490 g/mol. The molecule has 148 valence electrons. The first-order chi connectivity index (χ1) is 12.6. The van der Waals surface area contributed by atoms with Crippen LogP contribution in [0.1, 0.15) is 64.9 Å². The van der Waals surface area contributed by atoms with Crippen LogP contribution in [0.4, 0.5) is 0 Å². The predicted octanol–water partition coefficient (Wildman–Crippen LogP) is 6.24. The van der Waals surface area contributed by atoms with Crippen molar-refractivity contribution in [3.63, 3.8) is 0 Å². The molecule has 1 nitrogen and oxygen atoms in total. The Hall–Kier alpha value is 0.238. The fourth-order valence-corrected chi connectivity index (χ4v) is 29.2. The summed E-state index contributed by atoms with van der Waals surface area (Å²) in [7, 11) is 1.84. The zero-order valence-electron chi connectivity index (χ0n) is 17.8. The van der Waals surface area contributed by atoms with Gasteiger partial charge in [-0.05, 0) is 0 Å². The fraction of sp³-hybridized carbons (Fsp3) is 0.652. The van der Waals surface area contributed by atoms with E-state index in [-0.39, 0.29) is 0 Å². The Bertz CT molecular complexity index is 488. The SMILES string of the molecule is CCC[CH2][Sn]([CH2]CCC)([CH2]CCC)/[C](=C/COC)[Se]c1ccc(C)cc1. The Morgan fingerprint density at radius 3 is 1.85 bits per heavy atom. The maximum atomic E-state index is 5.50. The minimum atomic E-state index is -2.33. The summed E-state index contributed by atoms with van der Waals surface area (Å²) in [5.74, 6) is 0. The van der Waals surface area contributed by atoms with E-state index in [9.17, 15) is 0 Å². The number of hydrogen-bond donors (Lipinski definition) is 0. The van der Waals surface area contributed by atoms with Gasteiger partial charge in [0, 0.05) is 0 Å². The van der Waals surface area contributed by atoms with E-state index >= 15 is 0 Å². The van der Waals surface area contributed by atoms with Gasteiger partial charge in [-0.2, -0.15) is 0 Å². The maximum absolute atomic E-state index is 5.50. The molecule has 0 amide bonds. The molecule has 1 rings (SSSR count). The summed E-state index contributed by atoms with van der Waals surface area (Å²) in [6.45, 7) is 10.1. The first kappa shape index (κ1) is 24.3. The Labute approximate surface area is 173 Å². The van der Waals surface area contributed by atoms with Gasteiger partial charge in [0.25, 0.3) is 0 Å². The zero-order valence-corrected chi connectivity index (χ0v) is 22.3. The summed E-state index contributed by atoms with van der Waals surface area (Å²) in [6, 6.07) is 9.30. The second-order valence-corrected chi connectivity index (χ2v) is 25.3. The first-order valence-electron chi connectivity index (χ1n) is 10.6. The van der Waals surface area contributed by atoms with Crippen LogP contribution in [0.25, 0.3) is 0 Å². The van der Waals surface area contributed by atoms with E-state index in [1.54, 1.807) is 17.8 Å². The predicted molar refractivity (Wildman–Crippen MR) is 121 cm³/mol. The molecule has 0 aromatic heterocycles. The Morgan fingerprint density at radius 2 is 1.42 bits per heavy atom. The van der Waals surface area contributed by atoms with Crippen molar-refractivity contribution in [2.45, 2.75) is 79.5 Å². The third-order valence-electron chi connectivity index (χ3n) is 5.23. The van der Waals surface area contributed by atoms with Crippen molar-refractivity contribution >= 4 is 37.8 Å². The van der Waals surface area contributed by atoms with Gasteiger partial charge in [-0.15, -0.1) is 0 Å². The molecule has 1 aromatic carbocycles. The normalized spacial score (nSPS) is 12.6. The quantitative estimate of drug-likeness (QED) is 0.259. The molecule has 0 saturated carbocycles. The van der Waals surface area contributed by atoms with E-state index in [2.05, 4.69) is 58.0 Å². The third kappa shape index (κ3) is 8.50. The number of methoxy groups -OCH3 is 1. The van der Waals surface area contributed by atoms with Gasteiger partial charge in [0.2, 0.25) is 0 Å². The van der Waals surface area contributed by atoms with Crippen molar-refractivity contribution in [3.05, 3.63) is 38.4 Å². The number of ether oxygens (including phenoxy) is 1. The van der Waals surface area contributed by atoms with Gasteiger partial charge in [0.15, 0.2) is 0 Å². The topological polar surface area (TPSA) is 9.23 Å². The third-order valence-corrected chi connectivity index (χ3v) is 29.5. The van der Waals surface area contributed by atoms with Gasteiger partial charge in [-0.3, -0.25) is 0 Å². The second kappa shape index (κ2) is 14.3. The van der Waals surface area contributed by atoms with Crippen LogP contribution in [-0.4, -0.2) is 47.1 Å². The summed E-state index contributed by atoms with van der Waals surface area (Å²) in [5.41, 5.74) is 1.37. The number of benzene rings is 1. The molecule has 26 heavy (non-hydrogen) atoms. The van der Waals surface area contributed by atoms with Crippen LogP contribution in [0, 0.1) is 6.92 Å². The van der Waals surface area contributed by atoms with Gasteiger partial charge >= 0.3 is 174 Å². The van der Waals surface area contributed by atoms with Crippen molar-refractivity contribution in [1.82, 2.24) is 0 Å². The average molecular weight is 530 g/mol. The molecule has 0 aliphatic heterocycles. The molecule has 0 bridgehead atoms. The molecule has 0 atom stereocenters. The van der Waals surface area contributed by atoms with Crippen molar-refractivity contribution in [3.8, 4) is 0 Å². The molecule has 0 aliphatic carbocycles. The molecule has 0 aliphatic rings. The van der Waals surface area contributed by atoms with Crippen LogP contribution >= 0.6 is 0 Å².